The molecule has 1 aliphatic rings. The van der Waals surface area contributed by atoms with E-state index in [-0.39, 0.29) is 17.6 Å². The number of fused-ring (bicyclic) bond motifs is 1. The summed E-state index contributed by atoms with van der Waals surface area (Å²) in [7, 11) is 1.58. The van der Waals surface area contributed by atoms with Crippen LogP contribution in [0.25, 0.3) is 11.0 Å². The second kappa shape index (κ2) is 7.94. The van der Waals surface area contributed by atoms with Crippen molar-refractivity contribution in [3.05, 3.63) is 39.7 Å². The van der Waals surface area contributed by atoms with E-state index in [9.17, 15) is 9.59 Å². The Labute approximate surface area is 153 Å². The number of ether oxygens (including phenoxy) is 1. The summed E-state index contributed by atoms with van der Waals surface area (Å²) in [5, 5.41) is 4.02. The lowest BCUT2D eigenvalue weighted by Crippen LogP contribution is -2.41. The van der Waals surface area contributed by atoms with Crippen molar-refractivity contribution < 1.29 is 13.9 Å². The van der Waals surface area contributed by atoms with E-state index < -0.39 is 0 Å². The predicted molar refractivity (Wildman–Crippen MR) is 102 cm³/mol. The fourth-order valence-corrected chi connectivity index (χ4v) is 3.84. The highest BCUT2D eigenvalue weighted by Gasteiger charge is 2.23. The quantitative estimate of drug-likeness (QED) is 0.828. The third kappa shape index (κ3) is 3.92. The number of carbonyl (C=O) groups is 1. The first kappa shape index (κ1) is 18.5. The van der Waals surface area contributed by atoms with Crippen LogP contribution in [0.1, 0.15) is 50.2 Å². The molecule has 26 heavy (non-hydrogen) atoms. The molecule has 1 amide bonds. The number of carbonyl (C=O) groups excluding carboxylic acids is 1. The molecule has 5 heteroatoms. The highest BCUT2D eigenvalue weighted by atomic mass is 16.5. The summed E-state index contributed by atoms with van der Waals surface area (Å²) < 4.78 is 10.6. The summed E-state index contributed by atoms with van der Waals surface area (Å²) >= 11 is 0. The number of benzene rings is 1. The molecule has 1 heterocycles. The van der Waals surface area contributed by atoms with Crippen molar-refractivity contribution in [2.24, 2.45) is 5.92 Å². The Balaban J connectivity index is 1.72. The van der Waals surface area contributed by atoms with Gasteiger partial charge in [0.1, 0.15) is 11.3 Å². The van der Waals surface area contributed by atoms with Crippen LogP contribution in [0.2, 0.25) is 0 Å². The van der Waals surface area contributed by atoms with E-state index in [2.05, 4.69) is 12.2 Å². The Hall–Kier alpha value is -2.30. The summed E-state index contributed by atoms with van der Waals surface area (Å²) in [6.07, 6.45) is 5.33. The molecular formula is C21H27NO4. The van der Waals surface area contributed by atoms with E-state index in [1.54, 1.807) is 13.2 Å². The molecule has 0 bridgehead atoms. The van der Waals surface area contributed by atoms with Gasteiger partial charge in [0.2, 0.25) is 5.91 Å². The van der Waals surface area contributed by atoms with Crippen LogP contribution in [0.5, 0.6) is 5.75 Å². The maximum atomic E-state index is 12.4. The van der Waals surface area contributed by atoms with Crippen LogP contribution in [0.15, 0.2) is 27.4 Å². The second-order valence-electron chi connectivity index (χ2n) is 7.29. The minimum absolute atomic E-state index is 0.0115. The smallest absolute Gasteiger partial charge is 0.339 e. The number of hydrogen-bond acceptors (Lipinski definition) is 4. The zero-order valence-electron chi connectivity index (χ0n) is 15.8. The Morgan fingerprint density at radius 3 is 2.81 bits per heavy atom. The van der Waals surface area contributed by atoms with Crippen molar-refractivity contribution in [2.45, 2.75) is 58.4 Å². The van der Waals surface area contributed by atoms with Gasteiger partial charge in [0, 0.05) is 29.5 Å². The molecule has 1 saturated carbocycles. The molecule has 140 valence electrons. The molecule has 1 fully saturated rings. The number of nitrogens with one attached hydrogen (secondary N) is 1. The van der Waals surface area contributed by atoms with E-state index in [4.69, 9.17) is 9.15 Å². The minimum Gasteiger partial charge on any atom is -0.497 e. The molecule has 2 atom stereocenters. The molecule has 2 unspecified atom stereocenters. The fraction of sp³-hybridized carbons (Fsp3) is 0.524. The van der Waals surface area contributed by atoms with Gasteiger partial charge >= 0.3 is 5.63 Å². The standard InChI is InChI=1S/C21H27NO4/c1-13-6-4-5-7-18(13)22-20(23)11-10-17-14(2)16-9-8-15(25-3)12-19(16)26-21(17)24/h8-9,12-13,18H,4-7,10-11H2,1-3H3,(H,22,23). The van der Waals surface area contributed by atoms with Crippen LogP contribution < -0.4 is 15.7 Å². The zero-order chi connectivity index (χ0) is 18.7. The molecule has 2 aromatic rings. The monoisotopic (exact) mass is 357 g/mol. The molecule has 0 radical (unpaired) electrons. The molecule has 1 aromatic carbocycles. The van der Waals surface area contributed by atoms with Crippen LogP contribution in [-0.2, 0) is 11.2 Å². The number of methoxy groups -OCH3 is 1. The van der Waals surface area contributed by atoms with Crippen LogP contribution in [0.3, 0.4) is 0 Å². The normalized spacial score (nSPS) is 20.1. The van der Waals surface area contributed by atoms with E-state index in [0.717, 1.165) is 17.4 Å². The zero-order valence-corrected chi connectivity index (χ0v) is 15.8. The van der Waals surface area contributed by atoms with Gasteiger partial charge < -0.3 is 14.5 Å². The predicted octanol–water partition coefficient (Wildman–Crippen LogP) is 3.74. The summed E-state index contributed by atoms with van der Waals surface area (Å²) in [6.45, 7) is 4.10. The molecule has 0 aliphatic heterocycles. The van der Waals surface area contributed by atoms with Gasteiger partial charge in [-0.15, -0.1) is 0 Å². The third-order valence-electron chi connectivity index (χ3n) is 5.55. The molecule has 1 N–H and O–H groups in total. The van der Waals surface area contributed by atoms with Crippen molar-refractivity contribution in [3.8, 4) is 5.75 Å². The lowest BCUT2D eigenvalue weighted by molar-refractivity contribution is -0.122. The molecule has 3 rings (SSSR count). The average Bonchev–Trinajstić information content (AvgIpc) is 2.63. The maximum absolute atomic E-state index is 12.4. The van der Waals surface area contributed by atoms with Gasteiger partial charge in [0.15, 0.2) is 0 Å². The van der Waals surface area contributed by atoms with Gasteiger partial charge in [0.25, 0.3) is 0 Å². The summed E-state index contributed by atoms with van der Waals surface area (Å²) in [5.74, 6) is 1.18. The Bertz CT molecular complexity index is 855. The third-order valence-corrected chi connectivity index (χ3v) is 5.55. The van der Waals surface area contributed by atoms with Gasteiger partial charge in [0.05, 0.1) is 7.11 Å². The number of aryl methyl sites for hydroxylation is 1. The Morgan fingerprint density at radius 2 is 2.08 bits per heavy atom. The van der Waals surface area contributed by atoms with Crippen molar-refractivity contribution in [3.63, 3.8) is 0 Å². The van der Waals surface area contributed by atoms with E-state index in [1.165, 1.54) is 19.3 Å². The first-order valence-corrected chi connectivity index (χ1v) is 9.39. The first-order valence-electron chi connectivity index (χ1n) is 9.39. The molecule has 0 spiro atoms. The van der Waals surface area contributed by atoms with Gasteiger partial charge in [-0.05, 0) is 49.8 Å². The van der Waals surface area contributed by atoms with Crippen molar-refractivity contribution in [2.75, 3.05) is 7.11 Å². The van der Waals surface area contributed by atoms with Gasteiger partial charge in [-0.3, -0.25) is 4.79 Å². The number of hydrogen-bond donors (Lipinski definition) is 1. The minimum atomic E-state index is -0.373. The SMILES string of the molecule is COc1ccc2c(C)c(CCC(=O)NC3CCCCC3C)c(=O)oc2c1. The number of rotatable bonds is 5. The van der Waals surface area contributed by atoms with Crippen LogP contribution >= 0.6 is 0 Å². The van der Waals surface area contributed by atoms with Crippen LogP contribution in [0, 0.1) is 12.8 Å². The maximum Gasteiger partial charge on any atom is 0.339 e. The summed E-state index contributed by atoms with van der Waals surface area (Å²) in [5.41, 5.74) is 1.59. The van der Waals surface area contributed by atoms with E-state index >= 15 is 0 Å². The summed E-state index contributed by atoms with van der Waals surface area (Å²) in [4.78, 5) is 24.7. The molecule has 1 aliphatic carbocycles. The largest absolute Gasteiger partial charge is 0.497 e. The lowest BCUT2D eigenvalue weighted by atomic mass is 9.86. The van der Waals surface area contributed by atoms with Crippen molar-refractivity contribution >= 4 is 16.9 Å². The van der Waals surface area contributed by atoms with Crippen LogP contribution in [-0.4, -0.2) is 19.1 Å². The molecular weight excluding hydrogens is 330 g/mol. The fourth-order valence-electron chi connectivity index (χ4n) is 3.84. The summed E-state index contributed by atoms with van der Waals surface area (Å²) in [6, 6.07) is 5.71. The molecule has 1 aromatic heterocycles. The van der Waals surface area contributed by atoms with Gasteiger partial charge in [-0.25, -0.2) is 4.79 Å². The topological polar surface area (TPSA) is 68.5 Å². The highest BCUT2D eigenvalue weighted by molar-refractivity contribution is 5.82. The van der Waals surface area contributed by atoms with Gasteiger partial charge in [-0.2, -0.15) is 0 Å². The van der Waals surface area contributed by atoms with Crippen molar-refractivity contribution in [1.29, 1.82) is 0 Å². The molecule has 0 saturated heterocycles. The van der Waals surface area contributed by atoms with E-state index in [1.807, 2.05) is 19.1 Å². The molecule has 5 nitrogen and oxygen atoms in total. The second-order valence-corrected chi connectivity index (χ2v) is 7.29. The lowest BCUT2D eigenvalue weighted by Gasteiger charge is -2.29. The first-order chi connectivity index (χ1) is 12.5. The highest BCUT2D eigenvalue weighted by Crippen LogP contribution is 2.25. The van der Waals surface area contributed by atoms with Crippen LogP contribution in [0.4, 0.5) is 0 Å². The Morgan fingerprint density at radius 1 is 1.31 bits per heavy atom. The van der Waals surface area contributed by atoms with Crippen molar-refractivity contribution in [1.82, 2.24) is 5.32 Å². The Kier molecular flexibility index (Phi) is 5.64. The van der Waals surface area contributed by atoms with E-state index in [0.29, 0.717) is 35.7 Å². The van der Waals surface area contributed by atoms with Gasteiger partial charge in [-0.1, -0.05) is 19.8 Å². The average molecular weight is 357 g/mol. The number of amides is 1.